The van der Waals surface area contributed by atoms with E-state index in [4.69, 9.17) is 0 Å². The van der Waals surface area contributed by atoms with E-state index in [1.807, 2.05) is 6.92 Å². The highest BCUT2D eigenvalue weighted by Crippen LogP contribution is 2.38. The fourth-order valence-corrected chi connectivity index (χ4v) is 4.08. The highest BCUT2D eigenvalue weighted by molar-refractivity contribution is 7.20. The molecule has 3 rings (SSSR count). The summed E-state index contributed by atoms with van der Waals surface area (Å²) >= 11 is 1.23. The van der Waals surface area contributed by atoms with E-state index in [1.54, 1.807) is 6.33 Å². The Morgan fingerprint density at radius 3 is 2.86 bits per heavy atom. The number of thiophene rings is 1. The van der Waals surface area contributed by atoms with Crippen molar-refractivity contribution in [3.8, 4) is 0 Å². The smallest absolute Gasteiger partial charge is 0.346 e. The molecule has 2 aromatic heterocycles. The monoisotopic (exact) mass is 305 g/mol. The Labute approximate surface area is 127 Å². The van der Waals surface area contributed by atoms with Crippen LogP contribution < -0.4 is 4.90 Å². The highest BCUT2D eigenvalue weighted by Gasteiger charge is 2.29. The SMILES string of the molecule is Cc1c(C(=O)O)sc2ncnc(N3CCCC(C)(C)C3)c12. The van der Waals surface area contributed by atoms with Gasteiger partial charge in [0.25, 0.3) is 0 Å². The van der Waals surface area contributed by atoms with Gasteiger partial charge in [0, 0.05) is 13.1 Å². The van der Waals surface area contributed by atoms with Gasteiger partial charge in [-0.1, -0.05) is 13.8 Å². The van der Waals surface area contributed by atoms with Gasteiger partial charge in [-0.3, -0.25) is 0 Å². The van der Waals surface area contributed by atoms with E-state index < -0.39 is 5.97 Å². The van der Waals surface area contributed by atoms with E-state index in [2.05, 4.69) is 28.7 Å². The zero-order valence-electron chi connectivity index (χ0n) is 12.5. The van der Waals surface area contributed by atoms with Crippen molar-refractivity contribution < 1.29 is 9.90 Å². The molecule has 0 bridgehead atoms. The molecule has 0 aromatic carbocycles. The van der Waals surface area contributed by atoms with Crippen molar-refractivity contribution >= 4 is 33.3 Å². The average molecular weight is 305 g/mol. The number of carboxylic acids is 1. The van der Waals surface area contributed by atoms with Gasteiger partial charge in [-0.2, -0.15) is 0 Å². The Hall–Kier alpha value is -1.69. The van der Waals surface area contributed by atoms with Gasteiger partial charge in [0.1, 0.15) is 21.9 Å². The number of carbonyl (C=O) groups is 1. The number of piperidine rings is 1. The summed E-state index contributed by atoms with van der Waals surface area (Å²) in [6.07, 6.45) is 3.88. The molecule has 2 aromatic rings. The minimum Gasteiger partial charge on any atom is -0.477 e. The van der Waals surface area contributed by atoms with Crippen molar-refractivity contribution in [1.29, 1.82) is 0 Å². The number of fused-ring (bicyclic) bond motifs is 1. The number of anilines is 1. The summed E-state index contributed by atoms with van der Waals surface area (Å²) in [5.74, 6) is -0.00514. The summed E-state index contributed by atoms with van der Waals surface area (Å²) in [5.41, 5.74) is 1.04. The molecule has 1 saturated heterocycles. The Kier molecular flexibility index (Phi) is 3.36. The summed E-state index contributed by atoms with van der Waals surface area (Å²) in [7, 11) is 0. The molecule has 6 heteroatoms. The van der Waals surface area contributed by atoms with Crippen LogP contribution in [0, 0.1) is 12.3 Å². The minimum absolute atomic E-state index is 0.259. The number of aromatic carboxylic acids is 1. The van der Waals surface area contributed by atoms with Crippen LogP contribution in [0.1, 0.15) is 41.9 Å². The number of hydrogen-bond acceptors (Lipinski definition) is 5. The van der Waals surface area contributed by atoms with E-state index in [0.29, 0.717) is 4.88 Å². The lowest BCUT2D eigenvalue weighted by Crippen LogP contribution is -2.40. The fraction of sp³-hybridized carbons (Fsp3) is 0.533. The van der Waals surface area contributed by atoms with Crippen molar-refractivity contribution in [3.05, 3.63) is 16.8 Å². The van der Waals surface area contributed by atoms with Crippen LogP contribution in [0.5, 0.6) is 0 Å². The molecule has 1 N–H and O–H groups in total. The molecule has 21 heavy (non-hydrogen) atoms. The lowest BCUT2D eigenvalue weighted by atomic mass is 9.84. The van der Waals surface area contributed by atoms with Gasteiger partial charge >= 0.3 is 5.97 Å². The standard InChI is InChI=1S/C15H19N3O2S/c1-9-10-12(18-6-4-5-15(2,3)7-18)16-8-17-13(10)21-11(9)14(19)20/h8H,4-7H2,1-3H3,(H,19,20). The zero-order chi connectivity index (χ0) is 15.2. The zero-order valence-corrected chi connectivity index (χ0v) is 13.3. The van der Waals surface area contributed by atoms with Crippen LogP contribution >= 0.6 is 11.3 Å². The summed E-state index contributed by atoms with van der Waals surface area (Å²) < 4.78 is 0. The predicted octanol–water partition coefficient (Wildman–Crippen LogP) is 3.32. The van der Waals surface area contributed by atoms with E-state index in [1.165, 1.54) is 17.8 Å². The fourth-order valence-electron chi connectivity index (χ4n) is 3.10. The first kappa shape index (κ1) is 14.3. The number of rotatable bonds is 2. The molecular weight excluding hydrogens is 286 g/mol. The molecule has 0 amide bonds. The molecule has 112 valence electrons. The first-order chi connectivity index (χ1) is 9.89. The topological polar surface area (TPSA) is 66.3 Å². The molecule has 1 aliphatic heterocycles. The van der Waals surface area contributed by atoms with Crippen LogP contribution in [-0.4, -0.2) is 34.1 Å². The second-order valence-corrected chi connectivity index (χ2v) is 7.43. The summed E-state index contributed by atoms with van der Waals surface area (Å²) in [4.78, 5) is 23.4. The van der Waals surface area contributed by atoms with Crippen molar-refractivity contribution in [2.24, 2.45) is 5.41 Å². The predicted molar refractivity (Wildman–Crippen MR) is 84.3 cm³/mol. The molecule has 0 radical (unpaired) electrons. The first-order valence-electron chi connectivity index (χ1n) is 7.11. The molecule has 0 saturated carbocycles. The number of nitrogens with zero attached hydrogens (tertiary/aromatic N) is 3. The quantitative estimate of drug-likeness (QED) is 0.922. The molecule has 3 heterocycles. The molecule has 1 aliphatic rings. The maximum absolute atomic E-state index is 11.3. The average Bonchev–Trinajstić information content (AvgIpc) is 2.75. The van der Waals surface area contributed by atoms with Gasteiger partial charge in [0.15, 0.2) is 0 Å². The molecule has 5 nitrogen and oxygen atoms in total. The third-order valence-electron chi connectivity index (χ3n) is 4.10. The van der Waals surface area contributed by atoms with Gasteiger partial charge in [0.2, 0.25) is 0 Å². The van der Waals surface area contributed by atoms with E-state index >= 15 is 0 Å². The van der Waals surface area contributed by atoms with Crippen molar-refractivity contribution in [1.82, 2.24) is 9.97 Å². The van der Waals surface area contributed by atoms with Crippen LogP contribution in [0.4, 0.5) is 5.82 Å². The maximum atomic E-state index is 11.3. The third kappa shape index (κ3) is 2.48. The molecule has 0 aliphatic carbocycles. The molecule has 0 unspecified atom stereocenters. The second kappa shape index (κ2) is 4.94. The summed E-state index contributed by atoms with van der Waals surface area (Å²) in [6.45, 7) is 8.29. The molecule has 0 atom stereocenters. The minimum atomic E-state index is -0.888. The number of aromatic nitrogens is 2. The van der Waals surface area contributed by atoms with Gasteiger partial charge in [0.05, 0.1) is 5.39 Å². The maximum Gasteiger partial charge on any atom is 0.346 e. The van der Waals surface area contributed by atoms with E-state index in [9.17, 15) is 9.90 Å². The molecular formula is C15H19N3O2S. The molecule has 1 fully saturated rings. The number of aryl methyl sites for hydroxylation is 1. The largest absolute Gasteiger partial charge is 0.477 e. The van der Waals surface area contributed by atoms with Crippen molar-refractivity contribution in [2.75, 3.05) is 18.0 Å². The van der Waals surface area contributed by atoms with Crippen molar-refractivity contribution in [2.45, 2.75) is 33.6 Å². The van der Waals surface area contributed by atoms with Crippen LogP contribution in [0.25, 0.3) is 10.2 Å². The second-order valence-electron chi connectivity index (χ2n) is 6.43. The Morgan fingerprint density at radius 2 is 2.19 bits per heavy atom. The summed E-state index contributed by atoms with van der Waals surface area (Å²) in [6, 6.07) is 0. The van der Waals surface area contributed by atoms with E-state index in [-0.39, 0.29) is 5.41 Å². The van der Waals surface area contributed by atoms with Crippen LogP contribution in [0.2, 0.25) is 0 Å². The number of hydrogen-bond donors (Lipinski definition) is 1. The van der Waals surface area contributed by atoms with Gasteiger partial charge in [-0.05, 0) is 30.7 Å². The van der Waals surface area contributed by atoms with Crippen LogP contribution in [0.15, 0.2) is 6.33 Å². The normalized spacial score (nSPS) is 18.1. The third-order valence-corrected chi connectivity index (χ3v) is 5.29. The summed E-state index contributed by atoms with van der Waals surface area (Å²) in [5, 5.41) is 10.2. The van der Waals surface area contributed by atoms with Gasteiger partial charge in [-0.25, -0.2) is 14.8 Å². The van der Waals surface area contributed by atoms with Crippen molar-refractivity contribution in [3.63, 3.8) is 0 Å². The van der Waals surface area contributed by atoms with Crippen LogP contribution in [0.3, 0.4) is 0 Å². The lowest BCUT2D eigenvalue weighted by Gasteiger charge is -2.39. The van der Waals surface area contributed by atoms with Gasteiger partial charge < -0.3 is 10.0 Å². The molecule has 0 spiro atoms. The number of carboxylic acid groups (broad SMARTS) is 1. The van der Waals surface area contributed by atoms with E-state index in [0.717, 1.165) is 41.1 Å². The Balaban J connectivity index is 2.12. The Morgan fingerprint density at radius 1 is 1.43 bits per heavy atom. The lowest BCUT2D eigenvalue weighted by molar-refractivity contribution is 0.0701. The highest BCUT2D eigenvalue weighted by atomic mass is 32.1. The Bertz CT molecular complexity index is 708. The van der Waals surface area contributed by atoms with Gasteiger partial charge in [-0.15, -0.1) is 11.3 Å². The first-order valence-corrected chi connectivity index (χ1v) is 7.93. The van der Waals surface area contributed by atoms with Crippen LogP contribution in [-0.2, 0) is 0 Å².